The highest BCUT2D eigenvalue weighted by Gasteiger charge is 2.24. The molecule has 0 amide bonds. The Labute approximate surface area is 186 Å². The molecule has 0 radical (unpaired) electrons. The average molecular weight is 441 g/mol. The number of nitrogens with zero attached hydrogens (tertiary/aromatic N) is 2. The van der Waals surface area contributed by atoms with Crippen LogP contribution < -0.4 is 4.74 Å². The number of fused-ring (bicyclic) bond motifs is 1. The van der Waals surface area contributed by atoms with Gasteiger partial charge in [0.1, 0.15) is 5.75 Å². The fourth-order valence-electron chi connectivity index (χ4n) is 3.81. The van der Waals surface area contributed by atoms with Gasteiger partial charge in [0.05, 0.1) is 23.2 Å². The molecule has 3 aromatic carbocycles. The highest BCUT2D eigenvalue weighted by molar-refractivity contribution is 7.90. The maximum Gasteiger partial charge on any atom is 0.268 e. The smallest absolute Gasteiger partial charge is 0.268 e. The molecule has 158 valence electrons. The summed E-state index contributed by atoms with van der Waals surface area (Å²) in [4.78, 5) is 4.64. The zero-order valence-electron chi connectivity index (χ0n) is 17.3. The summed E-state index contributed by atoms with van der Waals surface area (Å²) < 4.78 is 34.0. The zero-order chi connectivity index (χ0) is 22.1. The van der Waals surface area contributed by atoms with Crippen LogP contribution in [0.2, 0.25) is 0 Å². The minimum atomic E-state index is -3.82. The molecule has 5 nitrogen and oxygen atoms in total. The molecule has 0 spiro atoms. The summed E-state index contributed by atoms with van der Waals surface area (Å²) in [6, 6.07) is 27.5. The molecule has 0 aliphatic heterocycles. The normalized spacial score (nSPS) is 11.5. The maximum absolute atomic E-state index is 13.7. The molecule has 0 N–H and O–H groups in total. The number of rotatable bonds is 5. The summed E-state index contributed by atoms with van der Waals surface area (Å²) in [5, 5.41) is 0.844. The van der Waals surface area contributed by atoms with Gasteiger partial charge in [-0.1, -0.05) is 48.5 Å². The van der Waals surface area contributed by atoms with Crippen LogP contribution in [-0.4, -0.2) is 24.5 Å². The van der Waals surface area contributed by atoms with Gasteiger partial charge in [0.25, 0.3) is 10.0 Å². The molecule has 0 aliphatic rings. The fraction of sp³-hybridized carbons (Fsp3) is 0.0385. The molecule has 0 saturated heterocycles. The Bertz CT molecular complexity index is 1510. The van der Waals surface area contributed by atoms with Crippen LogP contribution in [0.4, 0.5) is 0 Å². The molecule has 0 atom stereocenters. The van der Waals surface area contributed by atoms with E-state index in [1.807, 2.05) is 60.7 Å². The van der Waals surface area contributed by atoms with E-state index in [0.717, 1.165) is 22.3 Å². The highest BCUT2D eigenvalue weighted by Crippen LogP contribution is 2.33. The van der Waals surface area contributed by atoms with E-state index < -0.39 is 10.0 Å². The lowest BCUT2D eigenvalue weighted by atomic mass is 10.0. The summed E-state index contributed by atoms with van der Waals surface area (Å²) >= 11 is 0. The minimum absolute atomic E-state index is 0.238. The minimum Gasteiger partial charge on any atom is -0.497 e. The molecular weight excluding hydrogens is 420 g/mol. The lowest BCUT2D eigenvalue weighted by Gasteiger charge is -2.13. The zero-order valence-corrected chi connectivity index (χ0v) is 18.2. The molecule has 0 fully saturated rings. The van der Waals surface area contributed by atoms with Crippen LogP contribution in [0.5, 0.6) is 5.75 Å². The van der Waals surface area contributed by atoms with Gasteiger partial charge in [-0.25, -0.2) is 12.4 Å². The highest BCUT2D eigenvalue weighted by atomic mass is 32.2. The first-order valence-electron chi connectivity index (χ1n) is 10.1. The summed E-state index contributed by atoms with van der Waals surface area (Å²) in [6.07, 6.45) is 3.46. The summed E-state index contributed by atoms with van der Waals surface area (Å²) in [5.74, 6) is 0.770. The van der Waals surface area contributed by atoms with Gasteiger partial charge in [0, 0.05) is 28.9 Å². The van der Waals surface area contributed by atoms with Crippen LogP contribution in [0, 0.1) is 0 Å². The van der Waals surface area contributed by atoms with Crippen molar-refractivity contribution in [1.82, 2.24) is 8.96 Å². The van der Waals surface area contributed by atoms with Gasteiger partial charge in [0.2, 0.25) is 0 Å². The number of hydrogen-bond donors (Lipinski definition) is 0. The Morgan fingerprint density at radius 1 is 0.750 bits per heavy atom. The van der Waals surface area contributed by atoms with E-state index >= 15 is 0 Å². The molecule has 5 rings (SSSR count). The van der Waals surface area contributed by atoms with Crippen molar-refractivity contribution in [2.75, 3.05) is 7.11 Å². The summed E-state index contributed by atoms with van der Waals surface area (Å²) in [7, 11) is -2.19. The number of methoxy groups -OCH3 is 1. The van der Waals surface area contributed by atoms with Gasteiger partial charge in [-0.05, 0) is 48.0 Å². The molecule has 6 heteroatoms. The van der Waals surface area contributed by atoms with Crippen LogP contribution in [0.1, 0.15) is 0 Å². The number of benzene rings is 3. The Hall–Kier alpha value is -3.90. The third kappa shape index (κ3) is 3.44. The molecule has 2 heterocycles. The summed E-state index contributed by atoms with van der Waals surface area (Å²) in [6.45, 7) is 0. The van der Waals surface area contributed by atoms with E-state index in [1.54, 1.807) is 49.8 Å². The van der Waals surface area contributed by atoms with Gasteiger partial charge in [0.15, 0.2) is 0 Å². The third-order valence-corrected chi connectivity index (χ3v) is 7.15. The second kappa shape index (κ2) is 7.98. The van der Waals surface area contributed by atoms with Gasteiger partial charge < -0.3 is 4.74 Å². The second-order valence-corrected chi connectivity index (χ2v) is 9.15. The van der Waals surface area contributed by atoms with Crippen LogP contribution >= 0.6 is 0 Å². The van der Waals surface area contributed by atoms with Gasteiger partial charge in [-0.15, -0.1) is 0 Å². The Balaban J connectivity index is 1.71. The first-order chi connectivity index (χ1) is 15.6. The van der Waals surface area contributed by atoms with E-state index in [2.05, 4.69) is 4.98 Å². The Kier molecular flexibility index (Phi) is 4.99. The van der Waals surface area contributed by atoms with Crippen LogP contribution in [0.25, 0.3) is 33.3 Å². The first-order valence-corrected chi connectivity index (χ1v) is 11.5. The van der Waals surface area contributed by atoms with Crippen molar-refractivity contribution in [3.05, 3.63) is 103 Å². The van der Waals surface area contributed by atoms with Gasteiger partial charge in [-0.2, -0.15) is 0 Å². The van der Waals surface area contributed by atoms with Crippen LogP contribution in [-0.2, 0) is 10.0 Å². The lowest BCUT2D eigenvalue weighted by Crippen LogP contribution is -2.14. The molecule has 32 heavy (non-hydrogen) atoms. The van der Waals surface area contributed by atoms with Crippen molar-refractivity contribution >= 4 is 20.9 Å². The predicted molar refractivity (Wildman–Crippen MR) is 126 cm³/mol. The Morgan fingerprint density at radius 3 is 2.19 bits per heavy atom. The first kappa shape index (κ1) is 20.0. The van der Waals surface area contributed by atoms with E-state index in [1.165, 1.54) is 3.97 Å². The van der Waals surface area contributed by atoms with Gasteiger partial charge >= 0.3 is 0 Å². The third-order valence-electron chi connectivity index (χ3n) is 5.41. The number of aromatic nitrogens is 2. The number of pyridine rings is 1. The van der Waals surface area contributed by atoms with Crippen molar-refractivity contribution in [1.29, 1.82) is 0 Å². The van der Waals surface area contributed by atoms with E-state index in [-0.39, 0.29) is 4.90 Å². The molecule has 0 saturated carbocycles. The number of para-hydroxylation sites is 1. The van der Waals surface area contributed by atoms with E-state index in [4.69, 9.17) is 4.74 Å². The monoisotopic (exact) mass is 440 g/mol. The van der Waals surface area contributed by atoms with Crippen molar-refractivity contribution in [3.63, 3.8) is 0 Å². The van der Waals surface area contributed by atoms with Gasteiger partial charge in [-0.3, -0.25) is 4.98 Å². The largest absolute Gasteiger partial charge is 0.497 e. The SMILES string of the molecule is COc1ccc(-c2cncc(-c3cc4ccccc4n3S(=O)(=O)c3ccccc3)c2)cc1. The quantitative estimate of drug-likeness (QED) is 0.356. The van der Waals surface area contributed by atoms with Crippen LogP contribution in [0.15, 0.2) is 108 Å². The van der Waals surface area contributed by atoms with Crippen LogP contribution in [0.3, 0.4) is 0 Å². The maximum atomic E-state index is 13.7. The molecule has 5 aromatic rings. The molecule has 0 unspecified atom stereocenters. The second-order valence-electron chi connectivity index (χ2n) is 7.36. The predicted octanol–water partition coefficient (Wildman–Crippen LogP) is 5.62. The standard InChI is InChI=1S/C26H20N2O3S/c1-31-23-13-11-19(12-14-23)21-15-22(18-27-17-21)26-16-20-7-5-6-10-25(20)28(26)32(29,30)24-8-3-2-4-9-24/h2-18H,1H3. The van der Waals surface area contributed by atoms with E-state index in [9.17, 15) is 8.42 Å². The molecule has 0 bridgehead atoms. The van der Waals surface area contributed by atoms with Crippen molar-refractivity contribution < 1.29 is 13.2 Å². The topological polar surface area (TPSA) is 61.2 Å². The fourth-order valence-corrected chi connectivity index (χ4v) is 5.36. The van der Waals surface area contributed by atoms with Crippen molar-refractivity contribution in [3.8, 4) is 28.1 Å². The molecular formula is C26H20N2O3S. The Morgan fingerprint density at radius 2 is 1.44 bits per heavy atom. The number of ether oxygens (including phenoxy) is 1. The average Bonchev–Trinajstić information content (AvgIpc) is 3.25. The number of hydrogen-bond acceptors (Lipinski definition) is 4. The summed E-state index contributed by atoms with van der Waals surface area (Å²) in [5.41, 5.74) is 3.76. The van der Waals surface area contributed by atoms with Crippen molar-refractivity contribution in [2.24, 2.45) is 0 Å². The van der Waals surface area contributed by atoms with E-state index in [0.29, 0.717) is 16.8 Å². The van der Waals surface area contributed by atoms with Crippen molar-refractivity contribution in [2.45, 2.75) is 4.90 Å². The lowest BCUT2D eigenvalue weighted by molar-refractivity contribution is 0.415. The molecule has 0 aliphatic carbocycles. The molecule has 2 aromatic heterocycles.